The van der Waals surface area contributed by atoms with Crippen molar-refractivity contribution >= 4 is 11.7 Å². The fraction of sp³-hybridized carbons (Fsp3) is 0.533. The van der Waals surface area contributed by atoms with Gasteiger partial charge in [-0.25, -0.2) is 4.79 Å². The fourth-order valence-electron chi connectivity index (χ4n) is 1.51. The Morgan fingerprint density at radius 2 is 2.00 bits per heavy atom. The summed E-state index contributed by atoms with van der Waals surface area (Å²) in [7, 11) is 1.55. The lowest BCUT2D eigenvalue weighted by molar-refractivity contribution is 0.0388. The van der Waals surface area contributed by atoms with Crippen molar-refractivity contribution in [1.29, 1.82) is 0 Å². The van der Waals surface area contributed by atoms with Gasteiger partial charge < -0.3 is 19.9 Å². The highest BCUT2D eigenvalue weighted by Gasteiger charge is 2.10. The van der Waals surface area contributed by atoms with Gasteiger partial charge in [-0.15, -0.1) is 0 Å². The molecular formula is C15H23NO4. The van der Waals surface area contributed by atoms with Gasteiger partial charge in [-0.05, 0) is 30.5 Å². The van der Waals surface area contributed by atoms with Gasteiger partial charge in [0.05, 0.1) is 24.5 Å². The van der Waals surface area contributed by atoms with E-state index in [4.69, 9.17) is 19.9 Å². The first-order valence-corrected chi connectivity index (χ1v) is 6.73. The van der Waals surface area contributed by atoms with Crippen molar-refractivity contribution in [1.82, 2.24) is 0 Å². The number of ether oxygens (including phenoxy) is 3. The Kier molecular flexibility index (Phi) is 6.87. The summed E-state index contributed by atoms with van der Waals surface area (Å²) in [6.45, 7) is 5.47. The number of carbonyl (C=O) groups excluding carboxylic acids is 1. The fourth-order valence-corrected chi connectivity index (χ4v) is 1.51. The van der Waals surface area contributed by atoms with E-state index in [-0.39, 0.29) is 6.61 Å². The molecule has 0 bridgehead atoms. The SMILES string of the molecule is COCCOC(=O)c1ccc(OCCC(C)C)c(N)c1. The maximum atomic E-state index is 11.7. The van der Waals surface area contributed by atoms with Crippen LogP contribution in [0.25, 0.3) is 0 Å². The summed E-state index contributed by atoms with van der Waals surface area (Å²) in [5, 5.41) is 0. The Morgan fingerprint density at radius 1 is 1.25 bits per heavy atom. The smallest absolute Gasteiger partial charge is 0.338 e. The molecule has 1 rings (SSSR count). The van der Waals surface area contributed by atoms with Gasteiger partial charge in [0, 0.05) is 7.11 Å². The second-order valence-electron chi connectivity index (χ2n) is 4.91. The Morgan fingerprint density at radius 3 is 2.60 bits per heavy atom. The van der Waals surface area contributed by atoms with Crippen LogP contribution in [-0.4, -0.2) is 32.9 Å². The first kappa shape index (κ1) is 16.3. The molecule has 0 unspecified atom stereocenters. The van der Waals surface area contributed by atoms with Crippen LogP contribution in [0.1, 0.15) is 30.6 Å². The lowest BCUT2D eigenvalue weighted by Crippen LogP contribution is -2.10. The standard InChI is InChI=1S/C15H23NO4/c1-11(2)6-7-19-14-5-4-12(10-13(14)16)15(17)20-9-8-18-3/h4-5,10-11H,6-9,16H2,1-3H3. The number of anilines is 1. The minimum atomic E-state index is -0.414. The van der Waals surface area contributed by atoms with Gasteiger partial charge in [0.15, 0.2) is 0 Å². The summed E-state index contributed by atoms with van der Waals surface area (Å²) in [5.41, 5.74) is 6.73. The summed E-state index contributed by atoms with van der Waals surface area (Å²) in [5.74, 6) is 0.757. The molecule has 0 saturated heterocycles. The predicted octanol–water partition coefficient (Wildman–Crippen LogP) is 2.50. The maximum absolute atomic E-state index is 11.7. The third-order valence-electron chi connectivity index (χ3n) is 2.72. The van der Waals surface area contributed by atoms with Crippen LogP contribution in [0.5, 0.6) is 5.75 Å². The van der Waals surface area contributed by atoms with Crippen LogP contribution in [0.15, 0.2) is 18.2 Å². The first-order valence-electron chi connectivity index (χ1n) is 6.73. The molecule has 20 heavy (non-hydrogen) atoms. The number of hydrogen-bond acceptors (Lipinski definition) is 5. The third-order valence-corrected chi connectivity index (χ3v) is 2.72. The van der Waals surface area contributed by atoms with Gasteiger partial charge in [-0.3, -0.25) is 0 Å². The zero-order valence-corrected chi connectivity index (χ0v) is 12.3. The van der Waals surface area contributed by atoms with Crippen molar-refractivity contribution in [3.05, 3.63) is 23.8 Å². The molecule has 0 heterocycles. The lowest BCUT2D eigenvalue weighted by Gasteiger charge is -2.11. The third kappa shape index (κ3) is 5.48. The van der Waals surface area contributed by atoms with E-state index in [1.807, 2.05) is 0 Å². The van der Waals surface area contributed by atoms with E-state index >= 15 is 0 Å². The number of carbonyl (C=O) groups is 1. The van der Waals surface area contributed by atoms with Gasteiger partial charge in [-0.2, -0.15) is 0 Å². The van der Waals surface area contributed by atoms with E-state index in [1.165, 1.54) is 0 Å². The van der Waals surface area contributed by atoms with E-state index in [1.54, 1.807) is 25.3 Å². The molecule has 0 aliphatic rings. The summed E-state index contributed by atoms with van der Waals surface area (Å²) in [6, 6.07) is 4.92. The first-order chi connectivity index (χ1) is 9.54. The number of esters is 1. The second kappa shape index (κ2) is 8.43. The summed E-state index contributed by atoms with van der Waals surface area (Å²) >= 11 is 0. The van der Waals surface area contributed by atoms with Crippen LogP contribution in [0.4, 0.5) is 5.69 Å². The van der Waals surface area contributed by atoms with Crippen LogP contribution in [0.3, 0.4) is 0 Å². The van der Waals surface area contributed by atoms with Gasteiger partial charge in [0.2, 0.25) is 0 Å². The molecule has 0 aromatic heterocycles. The molecule has 5 nitrogen and oxygen atoms in total. The summed E-state index contributed by atoms with van der Waals surface area (Å²) < 4.78 is 15.4. The molecule has 0 saturated carbocycles. The van der Waals surface area contributed by atoms with Crippen LogP contribution in [0.2, 0.25) is 0 Å². The van der Waals surface area contributed by atoms with Crippen molar-refractivity contribution in [3.63, 3.8) is 0 Å². The van der Waals surface area contributed by atoms with Crippen molar-refractivity contribution in [2.75, 3.05) is 32.7 Å². The Labute approximate surface area is 120 Å². The predicted molar refractivity (Wildman–Crippen MR) is 78.0 cm³/mol. The normalized spacial score (nSPS) is 10.6. The highest BCUT2D eigenvalue weighted by atomic mass is 16.6. The Hall–Kier alpha value is -1.75. The largest absolute Gasteiger partial charge is 0.491 e. The zero-order chi connectivity index (χ0) is 15.0. The molecule has 1 aromatic carbocycles. The van der Waals surface area contributed by atoms with Crippen molar-refractivity contribution < 1.29 is 19.0 Å². The number of methoxy groups -OCH3 is 1. The highest BCUT2D eigenvalue weighted by Crippen LogP contribution is 2.23. The van der Waals surface area contributed by atoms with Gasteiger partial charge >= 0.3 is 5.97 Å². The monoisotopic (exact) mass is 281 g/mol. The molecule has 2 N–H and O–H groups in total. The molecule has 0 aliphatic carbocycles. The van der Waals surface area contributed by atoms with Crippen LogP contribution < -0.4 is 10.5 Å². The van der Waals surface area contributed by atoms with Crippen LogP contribution >= 0.6 is 0 Å². The maximum Gasteiger partial charge on any atom is 0.338 e. The van der Waals surface area contributed by atoms with E-state index in [0.717, 1.165) is 6.42 Å². The number of nitrogen functional groups attached to an aromatic ring is 1. The van der Waals surface area contributed by atoms with Crippen molar-refractivity contribution in [3.8, 4) is 5.75 Å². The molecule has 1 aromatic rings. The number of hydrogen-bond donors (Lipinski definition) is 1. The molecule has 5 heteroatoms. The molecule has 0 aliphatic heterocycles. The minimum absolute atomic E-state index is 0.224. The van der Waals surface area contributed by atoms with Crippen molar-refractivity contribution in [2.24, 2.45) is 5.92 Å². The highest BCUT2D eigenvalue weighted by molar-refractivity contribution is 5.91. The molecule has 0 radical (unpaired) electrons. The summed E-state index contributed by atoms with van der Waals surface area (Å²) in [4.78, 5) is 11.7. The number of nitrogens with two attached hydrogens (primary N) is 1. The van der Waals surface area contributed by atoms with E-state index in [2.05, 4.69) is 13.8 Å². The van der Waals surface area contributed by atoms with Gasteiger partial charge in [0.25, 0.3) is 0 Å². The quantitative estimate of drug-likeness (QED) is 0.450. The minimum Gasteiger partial charge on any atom is -0.491 e. The molecule has 0 amide bonds. The number of rotatable bonds is 8. The average Bonchev–Trinajstić information content (AvgIpc) is 2.40. The van der Waals surface area contributed by atoms with E-state index in [0.29, 0.717) is 36.1 Å². The second-order valence-corrected chi connectivity index (χ2v) is 4.91. The van der Waals surface area contributed by atoms with E-state index < -0.39 is 5.97 Å². The van der Waals surface area contributed by atoms with Crippen LogP contribution in [-0.2, 0) is 9.47 Å². The van der Waals surface area contributed by atoms with Crippen molar-refractivity contribution in [2.45, 2.75) is 20.3 Å². The average molecular weight is 281 g/mol. The Bertz CT molecular complexity index is 432. The Balaban J connectivity index is 2.56. The molecule has 0 spiro atoms. The molecule has 112 valence electrons. The van der Waals surface area contributed by atoms with Crippen LogP contribution in [0, 0.1) is 5.92 Å². The van der Waals surface area contributed by atoms with Gasteiger partial charge in [0.1, 0.15) is 12.4 Å². The van der Waals surface area contributed by atoms with Gasteiger partial charge in [-0.1, -0.05) is 13.8 Å². The zero-order valence-electron chi connectivity index (χ0n) is 12.3. The number of benzene rings is 1. The molecule has 0 atom stereocenters. The lowest BCUT2D eigenvalue weighted by atomic mass is 10.1. The topological polar surface area (TPSA) is 70.8 Å². The summed E-state index contributed by atoms with van der Waals surface area (Å²) in [6.07, 6.45) is 0.959. The molecular weight excluding hydrogens is 258 g/mol. The molecule has 0 fully saturated rings. The van der Waals surface area contributed by atoms with E-state index in [9.17, 15) is 4.79 Å².